The van der Waals surface area contributed by atoms with E-state index >= 15 is 0 Å². The van der Waals surface area contributed by atoms with Gasteiger partial charge >= 0.3 is 0 Å². The summed E-state index contributed by atoms with van der Waals surface area (Å²) in [4.78, 5) is 12.5. The van der Waals surface area contributed by atoms with Gasteiger partial charge in [0.25, 0.3) is 0 Å². The number of para-hydroxylation sites is 1. The number of piperidine rings is 1. The van der Waals surface area contributed by atoms with Gasteiger partial charge in [-0.25, -0.2) is 0 Å². The van der Waals surface area contributed by atoms with E-state index in [-0.39, 0.29) is 5.92 Å². The molecule has 1 aromatic carbocycles. The molecule has 2 atom stereocenters. The van der Waals surface area contributed by atoms with Crippen LogP contribution < -0.4 is 10.9 Å². The van der Waals surface area contributed by atoms with E-state index in [0.29, 0.717) is 12.6 Å². The molecule has 0 aliphatic carbocycles. The number of nitrogens with one attached hydrogen (secondary N) is 1. The second kappa shape index (κ2) is 10.8. The van der Waals surface area contributed by atoms with Crippen molar-refractivity contribution in [3.05, 3.63) is 41.6 Å². The zero-order valence-electron chi connectivity index (χ0n) is 15.5. The first kappa shape index (κ1) is 21.1. The van der Waals surface area contributed by atoms with Gasteiger partial charge in [-0.15, -0.1) is 0 Å². The monoisotopic (exact) mass is 356 g/mol. The van der Waals surface area contributed by atoms with E-state index in [1.54, 1.807) is 4.90 Å². The van der Waals surface area contributed by atoms with Crippen molar-refractivity contribution < 1.29 is 4.79 Å². The van der Waals surface area contributed by atoms with E-state index in [1.807, 2.05) is 38.1 Å². The van der Waals surface area contributed by atoms with Crippen LogP contribution in [0.4, 0.5) is 5.69 Å². The van der Waals surface area contributed by atoms with Crippen molar-refractivity contribution in [2.45, 2.75) is 32.7 Å². The van der Waals surface area contributed by atoms with Crippen LogP contribution in [-0.4, -0.2) is 43.5 Å². The summed E-state index contributed by atoms with van der Waals surface area (Å²) < 4.78 is 0. The van der Waals surface area contributed by atoms with Gasteiger partial charge in [-0.1, -0.05) is 18.2 Å². The third-order valence-corrected chi connectivity index (χ3v) is 4.50. The Kier molecular flexibility index (Phi) is 8.77. The Labute approximate surface area is 155 Å². The summed E-state index contributed by atoms with van der Waals surface area (Å²) in [5, 5.41) is 16.0. The third-order valence-electron chi connectivity index (χ3n) is 4.50. The van der Waals surface area contributed by atoms with Crippen molar-refractivity contribution in [2.75, 3.05) is 11.7 Å². The molecule has 1 aliphatic rings. The van der Waals surface area contributed by atoms with Gasteiger partial charge in [0.15, 0.2) is 0 Å². The number of rotatable bonds is 6. The number of nitrogens with two attached hydrogens (primary N) is 1. The maximum atomic E-state index is 10.7. The summed E-state index contributed by atoms with van der Waals surface area (Å²) >= 11 is 0. The van der Waals surface area contributed by atoms with Crippen molar-refractivity contribution in [3.63, 3.8) is 0 Å². The minimum atomic E-state index is 0.235. The standard InChI is InChI=1S/C10H17N3O.C9H11N3/c1-8-2-3-9(6-13(8)7-14)10(4-11)5-12;1-8-6-4-5-7-9(8)12(10-2)11-3/h4-5,7-9,11H,2-3,6,12H2,1H3;4-7H,2-3H2,1H3/b10-5+,11-4?;/t8-,9?;/m1./s1. The Morgan fingerprint density at radius 1 is 1.35 bits per heavy atom. The highest BCUT2D eigenvalue weighted by Crippen LogP contribution is 2.25. The summed E-state index contributed by atoms with van der Waals surface area (Å²) in [6, 6.07) is 8.10. The molecule has 1 heterocycles. The molecule has 0 spiro atoms. The van der Waals surface area contributed by atoms with Crippen molar-refractivity contribution in [3.8, 4) is 0 Å². The van der Waals surface area contributed by atoms with E-state index < -0.39 is 0 Å². The molecule has 1 saturated heterocycles. The van der Waals surface area contributed by atoms with Gasteiger partial charge in [-0.05, 0) is 50.1 Å². The number of anilines is 1. The molecular formula is C19H28N6O. The first-order chi connectivity index (χ1) is 12.5. The lowest BCUT2D eigenvalue weighted by Crippen LogP contribution is -2.41. The number of likely N-dealkylation sites (tertiary alicyclic amines) is 1. The number of amides is 1. The lowest BCUT2D eigenvalue weighted by atomic mass is 9.88. The highest BCUT2D eigenvalue weighted by molar-refractivity contribution is 5.76. The minimum Gasteiger partial charge on any atom is -0.404 e. The third kappa shape index (κ3) is 5.54. The SMILES string of the molecule is C=NN(N=C)c1ccccc1C.C[C@@H]1CCC(/C(C=N)=C/N)CN1C=O. The van der Waals surface area contributed by atoms with E-state index in [1.165, 1.54) is 17.5 Å². The molecule has 7 heteroatoms. The second-order valence-electron chi connectivity index (χ2n) is 6.10. The van der Waals surface area contributed by atoms with Gasteiger partial charge in [0.2, 0.25) is 6.41 Å². The lowest BCUT2D eigenvalue weighted by molar-refractivity contribution is -0.121. The molecule has 0 radical (unpaired) electrons. The molecule has 3 N–H and O–H groups in total. The summed E-state index contributed by atoms with van der Waals surface area (Å²) in [6.07, 6.45) is 5.62. The lowest BCUT2D eigenvalue weighted by Gasteiger charge is -2.35. The van der Waals surface area contributed by atoms with Crippen molar-refractivity contribution in [2.24, 2.45) is 21.9 Å². The number of hydrogen-bond acceptors (Lipinski definition) is 6. The molecule has 1 fully saturated rings. The first-order valence-corrected chi connectivity index (χ1v) is 8.44. The molecule has 1 amide bonds. The molecule has 26 heavy (non-hydrogen) atoms. The van der Waals surface area contributed by atoms with Crippen LogP contribution >= 0.6 is 0 Å². The molecule has 0 aromatic heterocycles. The zero-order valence-corrected chi connectivity index (χ0v) is 15.5. The molecule has 1 unspecified atom stereocenters. The average molecular weight is 356 g/mol. The number of nitrogens with zero attached hydrogens (tertiary/aromatic N) is 4. The number of aryl methyl sites for hydroxylation is 1. The number of carbonyl (C=O) groups is 1. The Hall–Kier alpha value is -2.96. The maximum absolute atomic E-state index is 10.7. The van der Waals surface area contributed by atoms with Gasteiger partial charge in [0, 0.05) is 38.2 Å². The van der Waals surface area contributed by atoms with Crippen molar-refractivity contribution in [1.29, 1.82) is 5.41 Å². The van der Waals surface area contributed by atoms with Crippen molar-refractivity contribution in [1.82, 2.24) is 4.90 Å². The zero-order chi connectivity index (χ0) is 19.5. The Morgan fingerprint density at radius 3 is 2.50 bits per heavy atom. The van der Waals surface area contributed by atoms with Gasteiger partial charge in [-0.3, -0.25) is 4.79 Å². The Balaban J connectivity index is 0.000000263. The van der Waals surface area contributed by atoms with Gasteiger partial charge < -0.3 is 16.0 Å². The molecule has 1 aromatic rings. The van der Waals surface area contributed by atoms with Crippen LogP contribution in [0.3, 0.4) is 0 Å². The summed E-state index contributed by atoms with van der Waals surface area (Å²) in [7, 11) is 0. The molecule has 0 bridgehead atoms. The summed E-state index contributed by atoms with van der Waals surface area (Å²) in [6.45, 7) is 11.5. The minimum absolute atomic E-state index is 0.235. The number of hydrogen-bond donors (Lipinski definition) is 2. The maximum Gasteiger partial charge on any atom is 0.209 e. The van der Waals surface area contributed by atoms with E-state index in [0.717, 1.165) is 36.1 Å². The molecule has 2 rings (SSSR count). The summed E-state index contributed by atoms with van der Waals surface area (Å²) in [5.74, 6) is 0.235. The van der Waals surface area contributed by atoms with Crippen LogP contribution in [0.1, 0.15) is 25.3 Å². The first-order valence-electron chi connectivity index (χ1n) is 8.44. The fourth-order valence-corrected chi connectivity index (χ4v) is 2.84. The van der Waals surface area contributed by atoms with Gasteiger partial charge in [0.05, 0.1) is 5.69 Å². The van der Waals surface area contributed by atoms with Crippen LogP contribution in [0, 0.1) is 18.3 Å². The number of benzene rings is 1. The molecular weight excluding hydrogens is 328 g/mol. The fraction of sp³-hybridized carbons (Fsp3) is 0.368. The topological polar surface area (TPSA) is 98.1 Å². The van der Waals surface area contributed by atoms with E-state index in [9.17, 15) is 4.79 Å². The van der Waals surface area contributed by atoms with Crippen LogP contribution in [-0.2, 0) is 4.79 Å². The normalized spacial score (nSPS) is 19.6. The Bertz CT molecular complexity index is 649. The van der Waals surface area contributed by atoms with Crippen LogP contribution in [0.5, 0.6) is 0 Å². The molecule has 1 aliphatic heterocycles. The van der Waals surface area contributed by atoms with Crippen molar-refractivity contribution >= 4 is 31.7 Å². The van der Waals surface area contributed by atoms with E-state index in [4.69, 9.17) is 11.1 Å². The van der Waals surface area contributed by atoms with Crippen LogP contribution in [0.25, 0.3) is 0 Å². The number of carbonyl (C=O) groups excluding carboxylic acids is 1. The Morgan fingerprint density at radius 2 is 2.00 bits per heavy atom. The predicted molar refractivity (Wildman–Crippen MR) is 109 cm³/mol. The second-order valence-corrected chi connectivity index (χ2v) is 6.10. The van der Waals surface area contributed by atoms with Crippen LogP contribution in [0.2, 0.25) is 0 Å². The molecule has 0 saturated carbocycles. The quantitative estimate of drug-likeness (QED) is 0.466. The summed E-state index contributed by atoms with van der Waals surface area (Å²) in [5.41, 5.74) is 8.24. The van der Waals surface area contributed by atoms with Gasteiger partial charge in [0.1, 0.15) is 0 Å². The smallest absolute Gasteiger partial charge is 0.209 e. The van der Waals surface area contributed by atoms with E-state index in [2.05, 4.69) is 23.6 Å². The molecule has 7 nitrogen and oxygen atoms in total. The highest BCUT2D eigenvalue weighted by Gasteiger charge is 2.25. The predicted octanol–water partition coefficient (Wildman–Crippen LogP) is 2.77. The van der Waals surface area contributed by atoms with Gasteiger partial charge in [-0.2, -0.15) is 15.3 Å². The largest absolute Gasteiger partial charge is 0.404 e. The fourth-order valence-electron chi connectivity index (χ4n) is 2.84. The number of hydrazone groups is 2. The average Bonchev–Trinajstić information content (AvgIpc) is 2.67. The van der Waals surface area contributed by atoms with Crippen LogP contribution in [0.15, 0.2) is 46.2 Å². The molecule has 140 valence electrons. The highest BCUT2D eigenvalue weighted by atomic mass is 16.1.